The SMILES string of the molecule is CCn1cc(C(NC)c2ncccc2Cl)cn1. The summed E-state index contributed by atoms with van der Waals surface area (Å²) < 4.78 is 1.89. The third-order valence-electron chi connectivity index (χ3n) is 2.66. The fourth-order valence-corrected chi connectivity index (χ4v) is 2.00. The van der Waals surface area contributed by atoms with Gasteiger partial charge in [-0.1, -0.05) is 11.6 Å². The first kappa shape index (κ1) is 12.1. The fourth-order valence-electron chi connectivity index (χ4n) is 1.77. The molecule has 5 heteroatoms. The first-order chi connectivity index (χ1) is 8.26. The average molecular weight is 251 g/mol. The zero-order chi connectivity index (χ0) is 12.3. The van der Waals surface area contributed by atoms with E-state index in [0.29, 0.717) is 5.02 Å². The van der Waals surface area contributed by atoms with Crippen LogP contribution in [0.3, 0.4) is 0 Å². The Labute approximate surface area is 106 Å². The maximum atomic E-state index is 6.16. The lowest BCUT2D eigenvalue weighted by Crippen LogP contribution is -2.18. The highest BCUT2D eigenvalue weighted by molar-refractivity contribution is 6.31. The molecule has 2 rings (SSSR count). The molecule has 0 bridgehead atoms. The van der Waals surface area contributed by atoms with Gasteiger partial charge < -0.3 is 5.32 Å². The normalized spacial score (nSPS) is 12.6. The summed E-state index contributed by atoms with van der Waals surface area (Å²) in [6.45, 7) is 2.91. The van der Waals surface area contributed by atoms with Gasteiger partial charge in [0.2, 0.25) is 0 Å². The highest BCUT2D eigenvalue weighted by atomic mass is 35.5. The third kappa shape index (κ3) is 2.48. The first-order valence-electron chi connectivity index (χ1n) is 5.56. The first-order valence-corrected chi connectivity index (χ1v) is 5.94. The van der Waals surface area contributed by atoms with Crippen molar-refractivity contribution in [3.63, 3.8) is 0 Å². The van der Waals surface area contributed by atoms with Crippen molar-refractivity contribution in [1.29, 1.82) is 0 Å². The van der Waals surface area contributed by atoms with E-state index in [1.165, 1.54) is 0 Å². The molecular formula is C12H15ClN4. The molecule has 0 fully saturated rings. The lowest BCUT2D eigenvalue weighted by Gasteiger charge is -2.14. The minimum Gasteiger partial charge on any atom is -0.308 e. The molecule has 90 valence electrons. The Morgan fingerprint density at radius 2 is 2.35 bits per heavy atom. The number of pyridine rings is 1. The van der Waals surface area contributed by atoms with Crippen LogP contribution in [-0.4, -0.2) is 21.8 Å². The highest BCUT2D eigenvalue weighted by Crippen LogP contribution is 2.25. The summed E-state index contributed by atoms with van der Waals surface area (Å²) in [6, 6.07) is 3.65. The molecule has 0 saturated heterocycles. The molecule has 1 unspecified atom stereocenters. The molecule has 0 spiro atoms. The van der Waals surface area contributed by atoms with Gasteiger partial charge in [0.25, 0.3) is 0 Å². The molecule has 1 N–H and O–H groups in total. The van der Waals surface area contributed by atoms with Gasteiger partial charge in [-0.05, 0) is 26.1 Å². The quantitative estimate of drug-likeness (QED) is 0.905. The van der Waals surface area contributed by atoms with E-state index in [-0.39, 0.29) is 6.04 Å². The Morgan fingerprint density at radius 1 is 1.53 bits per heavy atom. The highest BCUT2D eigenvalue weighted by Gasteiger charge is 2.17. The maximum absolute atomic E-state index is 6.16. The van der Waals surface area contributed by atoms with Gasteiger partial charge in [0.05, 0.1) is 23.0 Å². The average Bonchev–Trinajstić information content (AvgIpc) is 2.81. The Balaban J connectivity index is 2.36. The van der Waals surface area contributed by atoms with Gasteiger partial charge in [-0.15, -0.1) is 0 Å². The lowest BCUT2D eigenvalue weighted by atomic mass is 10.1. The molecule has 1 atom stereocenters. The minimum atomic E-state index is -0.0241. The summed E-state index contributed by atoms with van der Waals surface area (Å²) in [5.74, 6) is 0. The van der Waals surface area contributed by atoms with Crippen LogP contribution in [0.1, 0.15) is 24.2 Å². The van der Waals surface area contributed by atoms with Gasteiger partial charge >= 0.3 is 0 Å². The topological polar surface area (TPSA) is 42.7 Å². The molecule has 0 amide bonds. The van der Waals surface area contributed by atoms with Gasteiger partial charge in [-0.25, -0.2) is 0 Å². The second kappa shape index (κ2) is 5.29. The van der Waals surface area contributed by atoms with Gasteiger partial charge in [-0.3, -0.25) is 9.67 Å². The van der Waals surface area contributed by atoms with Crippen molar-refractivity contribution in [1.82, 2.24) is 20.1 Å². The van der Waals surface area contributed by atoms with Gasteiger partial charge in [0.1, 0.15) is 0 Å². The smallest absolute Gasteiger partial charge is 0.0805 e. The zero-order valence-electron chi connectivity index (χ0n) is 9.89. The Morgan fingerprint density at radius 3 is 2.94 bits per heavy atom. The van der Waals surface area contributed by atoms with Crippen LogP contribution < -0.4 is 5.32 Å². The van der Waals surface area contributed by atoms with Gasteiger partial charge in [-0.2, -0.15) is 5.10 Å². The van der Waals surface area contributed by atoms with Crippen LogP contribution in [0.15, 0.2) is 30.7 Å². The molecular weight excluding hydrogens is 236 g/mol. The van der Waals surface area contributed by atoms with Crippen LogP contribution in [0.25, 0.3) is 0 Å². The molecule has 17 heavy (non-hydrogen) atoms. The fraction of sp³-hybridized carbons (Fsp3) is 0.333. The largest absolute Gasteiger partial charge is 0.308 e. The summed E-state index contributed by atoms with van der Waals surface area (Å²) in [6.07, 6.45) is 5.59. The van der Waals surface area contributed by atoms with E-state index in [2.05, 4.69) is 22.3 Å². The van der Waals surface area contributed by atoms with Crippen LogP contribution >= 0.6 is 11.6 Å². The third-order valence-corrected chi connectivity index (χ3v) is 2.98. The van der Waals surface area contributed by atoms with Crippen LogP contribution in [-0.2, 0) is 6.54 Å². The predicted molar refractivity (Wildman–Crippen MR) is 68.1 cm³/mol. The molecule has 2 heterocycles. The Hall–Kier alpha value is -1.39. The lowest BCUT2D eigenvalue weighted by molar-refractivity contribution is 0.649. The summed E-state index contributed by atoms with van der Waals surface area (Å²) in [5, 5.41) is 8.14. The van der Waals surface area contributed by atoms with Crippen molar-refractivity contribution < 1.29 is 0 Å². The Bertz CT molecular complexity index is 495. The number of hydrogen-bond donors (Lipinski definition) is 1. The number of hydrogen-bond acceptors (Lipinski definition) is 3. The maximum Gasteiger partial charge on any atom is 0.0805 e. The van der Waals surface area contributed by atoms with Crippen LogP contribution in [0.5, 0.6) is 0 Å². The molecule has 0 aliphatic rings. The number of aryl methyl sites for hydroxylation is 1. The number of aromatic nitrogens is 3. The molecule has 0 aliphatic carbocycles. The van der Waals surface area contributed by atoms with Crippen molar-refractivity contribution >= 4 is 11.6 Å². The number of rotatable bonds is 4. The summed E-state index contributed by atoms with van der Waals surface area (Å²) in [7, 11) is 1.89. The number of nitrogens with zero attached hydrogens (tertiary/aromatic N) is 3. The van der Waals surface area contributed by atoms with Gasteiger partial charge in [0, 0.05) is 24.5 Å². The predicted octanol–water partition coefficient (Wildman–Crippen LogP) is 2.26. The summed E-state index contributed by atoms with van der Waals surface area (Å²) in [5.41, 5.74) is 1.89. The van der Waals surface area contributed by atoms with Crippen molar-refractivity contribution in [3.8, 4) is 0 Å². The van der Waals surface area contributed by atoms with Gasteiger partial charge in [0.15, 0.2) is 0 Å². The van der Waals surface area contributed by atoms with E-state index in [0.717, 1.165) is 17.8 Å². The van der Waals surface area contributed by atoms with E-state index in [9.17, 15) is 0 Å². The number of halogens is 1. The second-order valence-electron chi connectivity index (χ2n) is 3.72. The van der Waals surface area contributed by atoms with Crippen molar-refractivity contribution in [2.45, 2.75) is 19.5 Å². The molecule has 0 aromatic carbocycles. The van der Waals surface area contributed by atoms with Crippen LogP contribution in [0.4, 0.5) is 0 Å². The van der Waals surface area contributed by atoms with Crippen molar-refractivity contribution in [2.24, 2.45) is 0 Å². The summed E-state index contributed by atoms with van der Waals surface area (Å²) in [4.78, 5) is 4.33. The molecule has 0 saturated carbocycles. The zero-order valence-corrected chi connectivity index (χ0v) is 10.6. The van der Waals surface area contributed by atoms with E-state index < -0.39 is 0 Å². The van der Waals surface area contributed by atoms with E-state index in [1.54, 1.807) is 6.20 Å². The number of nitrogens with one attached hydrogen (secondary N) is 1. The van der Waals surface area contributed by atoms with Crippen LogP contribution in [0, 0.1) is 0 Å². The van der Waals surface area contributed by atoms with Crippen molar-refractivity contribution in [3.05, 3.63) is 47.0 Å². The van der Waals surface area contributed by atoms with Crippen molar-refractivity contribution in [2.75, 3.05) is 7.05 Å². The molecule has 2 aromatic heterocycles. The monoisotopic (exact) mass is 250 g/mol. The van der Waals surface area contributed by atoms with Crippen LogP contribution in [0.2, 0.25) is 5.02 Å². The van der Waals surface area contributed by atoms with E-state index in [1.807, 2.05) is 36.3 Å². The van der Waals surface area contributed by atoms with E-state index >= 15 is 0 Å². The molecule has 0 aliphatic heterocycles. The summed E-state index contributed by atoms with van der Waals surface area (Å²) >= 11 is 6.16. The molecule has 2 aromatic rings. The molecule has 4 nitrogen and oxygen atoms in total. The Kier molecular flexibility index (Phi) is 3.76. The molecule has 0 radical (unpaired) electrons. The second-order valence-corrected chi connectivity index (χ2v) is 4.13. The standard InChI is InChI=1S/C12H15ClN4/c1-3-17-8-9(7-16-17)11(14-2)12-10(13)5-4-6-15-12/h4-8,11,14H,3H2,1-2H3. The van der Waals surface area contributed by atoms with E-state index in [4.69, 9.17) is 11.6 Å². The minimum absolute atomic E-state index is 0.0241.